The highest BCUT2D eigenvalue weighted by Gasteiger charge is 2.51. The van der Waals surface area contributed by atoms with Crippen LogP contribution in [0.1, 0.15) is 89.2 Å². The van der Waals surface area contributed by atoms with Gasteiger partial charge in [-0.05, 0) is 48.6 Å². The zero-order chi connectivity index (χ0) is 61.4. The van der Waals surface area contributed by atoms with Gasteiger partial charge in [-0.15, -0.1) is 40.0 Å². The molecule has 2 aromatic heterocycles. The number of fused-ring (bicyclic) bond motifs is 1. The Kier molecular flexibility index (Phi) is 17.5. The number of ether oxygens (including phenoxy) is 2. The molecular weight excluding hydrogens is 1170 g/mol. The quantitative estimate of drug-likeness (QED) is 0.0243. The SMILES string of the molecule is CC(C)(C)OC(=O)Nc1nc(/C(=N/OC(c2ccccc2)(c2ccccc2)c2ccccc2)C(=O)NC2SC3CC(=O)N3C(C(=O)OC(c3ccccc3)c3ccccc3)=C2SCc2cn(C(c3ccccc3)(c3ccccc3)c3ccccc3)nn2)cs1. The fourth-order valence-corrected chi connectivity index (χ4v) is 14.4. The number of anilines is 1. The van der Waals surface area contributed by atoms with Gasteiger partial charge in [-0.1, -0.05) is 253 Å². The number of oxime groups is 1. The Morgan fingerprint density at radius 3 is 1.57 bits per heavy atom. The van der Waals surface area contributed by atoms with Crippen LogP contribution in [0.3, 0.4) is 0 Å². The molecule has 4 heterocycles. The zero-order valence-electron chi connectivity index (χ0n) is 48.7. The molecule has 0 saturated carbocycles. The first kappa shape index (κ1) is 59.5. The molecule has 15 nitrogen and oxygen atoms in total. The van der Waals surface area contributed by atoms with E-state index in [1.54, 1.807) is 26.2 Å². The van der Waals surface area contributed by atoms with Crippen LogP contribution in [0.25, 0.3) is 0 Å². The fraction of sp³-hybridized carbons (Fsp3) is 0.155. The van der Waals surface area contributed by atoms with E-state index in [0.717, 1.165) is 28.0 Å². The summed E-state index contributed by atoms with van der Waals surface area (Å²) in [6, 6.07) is 77.9. The molecule has 1 saturated heterocycles. The number of aromatic nitrogens is 4. The minimum Gasteiger partial charge on any atom is -0.448 e. The molecule has 0 bridgehead atoms. The number of amides is 3. The van der Waals surface area contributed by atoms with Crippen molar-refractivity contribution in [3.05, 3.63) is 321 Å². The van der Waals surface area contributed by atoms with E-state index < -0.39 is 51.6 Å². The summed E-state index contributed by atoms with van der Waals surface area (Å²) in [7, 11) is 0. The maximum absolute atomic E-state index is 15.9. The van der Waals surface area contributed by atoms with Crippen LogP contribution >= 0.6 is 34.9 Å². The first-order valence-electron chi connectivity index (χ1n) is 28.8. The third kappa shape index (κ3) is 12.5. The summed E-state index contributed by atoms with van der Waals surface area (Å²) in [5.74, 6) is -1.71. The molecule has 2 unspecified atom stereocenters. The van der Waals surface area contributed by atoms with E-state index >= 15 is 9.59 Å². The third-order valence-corrected chi connectivity index (χ3v) is 18.4. The molecule has 2 aliphatic rings. The number of thiazole rings is 1. The smallest absolute Gasteiger partial charge is 0.413 e. The lowest BCUT2D eigenvalue weighted by Gasteiger charge is -2.47. The zero-order valence-corrected chi connectivity index (χ0v) is 51.1. The Morgan fingerprint density at radius 1 is 0.652 bits per heavy atom. The van der Waals surface area contributed by atoms with E-state index in [4.69, 9.17) is 34.8 Å². The number of hydrogen-bond acceptors (Lipinski definition) is 14. The number of nitrogens with zero attached hydrogens (tertiary/aromatic N) is 6. The molecule has 10 aromatic rings. The second-order valence-corrected chi connectivity index (χ2v) is 25.1. The highest BCUT2D eigenvalue weighted by atomic mass is 32.2. The van der Waals surface area contributed by atoms with Crippen molar-refractivity contribution in [1.29, 1.82) is 0 Å². The molecule has 2 aliphatic heterocycles. The monoisotopic (exact) mass is 1230 g/mol. The van der Waals surface area contributed by atoms with Crippen molar-refractivity contribution in [2.75, 3.05) is 5.32 Å². The molecule has 3 amide bonds. The van der Waals surface area contributed by atoms with Crippen LogP contribution in [0.4, 0.5) is 9.93 Å². The number of carbonyl (C=O) groups excluding carboxylic acids is 4. The molecular formula is C71H60N8O7S3. The normalized spacial score (nSPS) is 15.2. The van der Waals surface area contributed by atoms with E-state index in [1.807, 2.05) is 217 Å². The van der Waals surface area contributed by atoms with E-state index in [-0.39, 0.29) is 40.3 Å². The van der Waals surface area contributed by atoms with Gasteiger partial charge in [0, 0.05) is 32.7 Å². The number of benzene rings is 8. The Hall–Kier alpha value is -9.88. The van der Waals surface area contributed by atoms with Crippen molar-refractivity contribution >= 4 is 69.6 Å². The Morgan fingerprint density at radius 2 is 1.11 bits per heavy atom. The van der Waals surface area contributed by atoms with Crippen molar-refractivity contribution in [2.45, 2.75) is 66.5 Å². The summed E-state index contributed by atoms with van der Waals surface area (Å²) in [6.45, 7) is 5.25. The molecule has 12 rings (SSSR count). The maximum Gasteiger partial charge on any atom is 0.413 e. The van der Waals surface area contributed by atoms with Gasteiger partial charge in [0.15, 0.2) is 16.9 Å². The van der Waals surface area contributed by atoms with Crippen LogP contribution in [0, 0.1) is 0 Å². The van der Waals surface area contributed by atoms with Crippen LogP contribution < -0.4 is 10.6 Å². The lowest BCUT2D eigenvalue weighted by atomic mass is 9.77. The first-order valence-corrected chi connectivity index (χ1v) is 31.6. The first-order chi connectivity index (χ1) is 43.4. The van der Waals surface area contributed by atoms with Crippen molar-refractivity contribution in [1.82, 2.24) is 30.2 Å². The minimum absolute atomic E-state index is 0.0275. The summed E-state index contributed by atoms with van der Waals surface area (Å²) in [6.07, 6.45) is 0.342. The lowest BCUT2D eigenvalue weighted by molar-refractivity contribution is -0.151. The van der Waals surface area contributed by atoms with Crippen molar-refractivity contribution in [2.24, 2.45) is 5.16 Å². The predicted molar refractivity (Wildman–Crippen MR) is 347 cm³/mol. The molecule has 0 aliphatic carbocycles. The summed E-state index contributed by atoms with van der Waals surface area (Å²) >= 11 is 3.58. The number of carbonyl (C=O) groups is 4. The molecule has 2 N–H and O–H groups in total. The second kappa shape index (κ2) is 26.2. The largest absolute Gasteiger partial charge is 0.448 e. The standard InChI is InChI=1S/C71H60N8O7S3/c1-69(2,3)85-68(83)74-67-72-57(47-88-67)60(76-86-71(53-38-22-9-23-39-53,54-40-24-10-25-41-54)55-42-26-11-27-43-55)64(81)73-65-63(61(79-58(80)44-59(79)89-65)66(82)84-62(48-28-12-4-13-29-48)49-30-14-5-15-31-49)87-46-56-45-78(77-75-56)70(50-32-16-6-17-33-50,51-34-18-7-19-35-51)52-36-20-8-21-37-52/h4-43,45,47,59,62,65H,44,46H2,1-3H3,(H,73,81)(H,72,74,83)/b76-60-. The summed E-state index contributed by atoms with van der Waals surface area (Å²) < 4.78 is 14.1. The van der Waals surface area contributed by atoms with Crippen molar-refractivity contribution in [3.8, 4) is 0 Å². The number of thioether (sulfide) groups is 2. The van der Waals surface area contributed by atoms with Gasteiger partial charge < -0.3 is 19.6 Å². The highest BCUT2D eigenvalue weighted by Crippen LogP contribution is 2.49. The highest BCUT2D eigenvalue weighted by molar-refractivity contribution is 8.06. The van der Waals surface area contributed by atoms with Gasteiger partial charge in [0.1, 0.15) is 27.9 Å². The predicted octanol–water partition coefficient (Wildman–Crippen LogP) is 13.9. The van der Waals surface area contributed by atoms with Gasteiger partial charge >= 0.3 is 12.1 Å². The number of β-lactam (4-membered cyclic amide) rings is 1. The number of hydrogen-bond donors (Lipinski definition) is 2. The van der Waals surface area contributed by atoms with Crippen molar-refractivity contribution < 1.29 is 33.5 Å². The molecule has 0 radical (unpaired) electrons. The molecule has 89 heavy (non-hydrogen) atoms. The Bertz CT molecular complexity index is 3920. The second-order valence-electron chi connectivity index (χ2n) is 22.0. The van der Waals surface area contributed by atoms with Gasteiger partial charge in [0.25, 0.3) is 5.91 Å². The minimum atomic E-state index is -1.43. The summed E-state index contributed by atoms with van der Waals surface area (Å²) in [5, 5.41) is 20.6. The van der Waals surface area contributed by atoms with Crippen LogP contribution in [-0.4, -0.2) is 70.8 Å². The molecule has 18 heteroatoms. The number of esters is 1. The Balaban J connectivity index is 0.981. The van der Waals surface area contributed by atoms with Gasteiger partial charge in [-0.25, -0.2) is 19.3 Å². The lowest BCUT2D eigenvalue weighted by Crippen LogP contribution is -2.57. The molecule has 444 valence electrons. The average Bonchev–Trinajstić information content (AvgIpc) is 1.32. The van der Waals surface area contributed by atoms with Crippen LogP contribution in [0.15, 0.2) is 270 Å². The van der Waals surface area contributed by atoms with Crippen LogP contribution in [0.2, 0.25) is 0 Å². The molecule has 0 spiro atoms. The van der Waals surface area contributed by atoms with E-state index in [9.17, 15) is 9.59 Å². The number of rotatable bonds is 20. The molecule has 1 fully saturated rings. The third-order valence-electron chi connectivity index (χ3n) is 15.0. The van der Waals surface area contributed by atoms with Crippen LogP contribution in [-0.2, 0) is 45.6 Å². The maximum atomic E-state index is 15.9. The van der Waals surface area contributed by atoms with Crippen molar-refractivity contribution in [3.63, 3.8) is 0 Å². The van der Waals surface area contributed by atoms with Gasteiger partial charge in [-0.3, -0.25) is 19.8 Å². The average molecular weight is 1230 g/mol. The van der Waals surface area contributed by atoms with E-state index in [2.05, 4.69) is 47.0 Å². The van der Waals surface area contributed by atoms with Crippen LogP contribution in [0.5, 0.6) is 0 Å². The van der Waals surface area contributed by atoms with E-state index in [1.165, 1.54) is 28.4 Å². The van der Waals surface area contributed by atoms with Gasteiger partial charge in [0.05, 0.1) is 23.7 Å². The van der Waals surface area contributed by atoms with Gasteiger partial charge in [-0.2, -0.15) is 0 Å². The summed E-state index contributed by atoms with van der Waals surface area (Å²) in [5.41, 5.74) is 3.45. The molecule has 2 atom stereocenters. The van der Waals surface area contributed by atoms with Gasteiger partial charge in [0.2, 0.25) is 11.5 Å². The topological polar surface area (TPSA) is 179 Å². The fourth-order valence-electron chi connectivity index (χ4n) is 11.0. The summed E-state index contributed by atoms with van der Waals surface area (Å²) in [4.78, 5) is 72.2. The van der Waals surface area contributed by atoms with E-state index in [0.29, 0.717) is 38.4 Å². The number of nitrogens with one attached hydrogen (secondary N) is 2. The Labute approximate surface area is 527 Å². The molecule has 8 aromatic carbocycles.